The Labute approximate surface area is 231 Å². The highest BCUT2D eigenvalue weighted by Crippen LogP contribution is 2.56. The second kappa shape index (κ2) is 10.4. The number of aliphatic hydroxyl groups is 1. The molecule has 4 aliphatic rings. The van der Waals surface area contributed by atoms with Crippen LogP contribution in [-0.4, -0.2) is 65.8 Å². The largest absolute Gasteiger partial charge is 0.461 e. The lowest BCUT2D eigenvalue weighted by atomic mass is 9.55. The molecule has 3 fully saturated rings. The summed E-state index contributed by atoms with van der Waals surface area (Å²) in [4.78, 5) is 18.1. The first-order valence-electron chi connectivity index (χ1n) is 14.2. The van der Waals surface area contributed by atoms with Crippen molar-refractivity contribution < 1.29 is 14.6 Å². The Morgan fingerprint density at radius 1 is 1.05 bits per heavy atom. The zero-order valence-electron chi connectivity index (χ0n) is 22.4. The van der Waals surface area contributed by atoms with Crippen LogP contribution >= 0.6 is 11.6 Å². The monoisotopic (exact) mass is 534 g/mol. The van der Waals surface area contributed by atoms with Crippen LogP contribution in [0.3, 0.4) is 0 Å². The quantitative estimate of drug-likeness (QED) is 0.415. The molecule has 0 spiro atoms. The van der Waals surface area contributed by atoms with E-state index in [1.54, 1.807) is 0 Å². The number of fused-ring (bicyclic) bond motifs is 2. The van der Waals surface area contributed by atoms with E-state index in [9.17, 15) is 9.90 Å². The molecule has 2 aliphatic heterocycles. The van der Waals surface area contributed by atoms with Crippen molar-refractivity contribution in [2.45, 2.75) is 51.4 Å². The molecular weight excluding hydrogens is 496 g/mol. The van der Waals surface area contributed by atoms with Crippen molar-refractivity contribution in [1.29, 1.82) is 0 Å². The molecule has 2 saturated heterocycles. The number of hydrogen-bond acceptors (Lipinski definition) is 5. The van der Waals surface area contributed by atoms with Gasteiger partial charge < -0.3 is 9.84 Å². The fourth-order valence-electron chi connectivity index (χ4n) is 7.65. The number of carbonyl (C=O) groups is 1. The minimum Gasteiger partial charge on any atom is -0.461 e. The minimum atomic E-state index is -0.548. The fraction of sp³-hybridized carbons (Fsp3) is 0.531. The molecule has 0 radical (unpaired) electrons. The molecule has 2 aromatic carbocycles. The number of esters is 1. The van der Waals surface area contributed by atoms with E-state index in [0.29, 0.717) is 12.5 Å². The molecule has 6 heteroatoms. The standard InChI is InChI=1S/C32H39ClN2O3/c1-21-7-6-10-24-19-27-28(30(36)32(21,24)2)26(31(37)38-27)20-34-15-17-35(18-16-34)29(22-8-4-3-5-9-22)23-11-13-25(33)14-12-23/h3-5,8-14,21,26-30,36H,6-7,15-20H2,1-2H3/t21-,26-,27-,28-,29-,30+,32-/m1/s1. The van der Waals surface area contributed by atoms with E-state index in [4.69, 9.17) is 16.3 Å². The molecule has 38 heavy (non-hydrogen) atoms. The van der Waals surface area contributed by atoms with Gasteiger partial charge in [-0.2, -0.15) is 0 Å². The van der Waals surface area contributed by atoms with Crippen LogP contribution in [0.5, 0.6) is 0 Å². The van der Waals surface area contributed by atoms with Crippen LogP contribution < -0.4 is 0 Å². The summed E-state index contributed by atoms with van der Waals surface area (Å²) in [5.74, 6) is -0.119. The number of nitrogens with zero attached hydrogens (tertiary/aromatic N) is 2. The molecule has 6 rings (SSSR count). The van der Waals surface area contributed by atoms with Gasteiger partial charge in [-0.15, -0.1) is 0 Å². The lowest BCUT2D eigenvalue weighted by Crippen LogP contribution is -2.55. The SMILES string of the molecule is C[C@@H]1CCC=C2C[C@H]3OC(=O)[C@H](CN4CCN([C@H](c5ccccc5)c5ccc(Cl)cc5)CC4)[C@H]3[C@H](O)[C@@]21C. The second-order valence-electron chi connectivity index (χ2n) is 12.0. The van der Waals surface area contributed by atoms with Crippen molar-refractivity contribution in [2.24, 2.45) is 23.2 Å². The third-order valence-corrected chi connectivity index (χ3v) is 10.4. The van der Waals surface area contributed by atoms with Crippen LogP contribution in [0.1, 0.15) is 50.3 Å². The number of hydrogen-bond donors (Lipinski definition) is 1. The lowest BCUT2D eigenvalue weighted by Gasteiger charge is -2.52. The molecule has 2 heterocycles. The van der Waals surface area contributed by atoms with Gasteiger partial charge in [-0.3, -0.25) is 14.6 Å². The number of ether oxygens (including phenoxy) is 1. The zero-order chi connectivity index (χ0) is 26.4. The number of halogens is 1. The fourth-order valence-corrected chi connectivity index (χ4v) is 7.78. The van der Waals surface area contributed by atoms with Gasteiger partial charge in [0.25, 0.3) is 0 Å². The Morgan fingerprint density at radius 2 is 1.74 bits per heavy atom. The number of carbonyl (C=O) groups excluding carboxylic acids is 1. The Morgan fingerprint density at radius 3 is 2.45 bits per heavy atom. The molecular formula is C32H39ClN2O3. The molecule has 2 aromatic rings. The first-order chi connectivity index (χ1) is 18.4. The zero-order valence-corrected chi connectivity index (χ0v) is 23.2. The van der Waals surface area contributed by atoms with Gasteiger partial charge in [-0.1, -0.05) is 79.6 Å². The molecule has 0 amide bonds. The summed E-state index contributed by atoms with van der Waals surface area (Å²) < 4.78 is 5.92. The molecule has 7 atom stereocenters. The van der Waals surface area contributed by atoms with Gasteiger partial charge in [-0.25, -0.2) is 0 Å². The third kappa shape index (κ3) is 4.52. The van der Waals surface area contributed by atoms with E-state index in [0.717, 1.165) is 50.5 Å². The molecule has 0 unspecified atom stereocenters. The highest BCUT2D eigenvalue weighted by atomic mass is 35.5. The lowest BCUT2D eigenvalue weighted by molar-refractivity contribution is -0.145. The average Bonchev–Trinajstić information content (AvgIpc) is 3.23. The molecule has 1 saturated carbocycles. The van der Waals surface area contributed by atoms with Gasteiger partial charge in [0.05, 0.1) is 18.1 Å². The topological polar surface area (TPSA) is 53.0 Å². The van der Waals surface area contributed by atoms with Crippen LogP contribution in [0.4, 0.5) is 0 Å². The van der Waals surface area contributed by atoms with Crippen molar-refractivity contribution in [2.75, 3.05) is 32.7 Å². The minimum absolute atomic E-state index is 0.125. The maximum Gasteiger partial charge on any atom is 0.311 e. The van der Waals surface area contributed by atoms with E-state index in [1.807, 2.05) is 12.1 Å². The van der Waals surface area contributed by atoms with Gasteiger partial charge in [0.15, 0.2) is 0 Å². The van der Waals surface area contributed by atoms with Gasteiger partial charge in [0.1, 0.15) is 6.10 Å². The van der Waals surface area contributed by atoms with Gasteiger partial charge in [-0.05, 0) is 42.0 Å². The van der Waals surface area contributed by atoms with Crippen LogP contribution in [0.15, 0.2) is 66.2 Å². The van der Waals surface area contributed by atoms with Crippen LogP contribution in [0.2, 0.25) is 5.02 Å². The molecule has 5 nitrogen and oxygen atoms in total. The first kappa shape index (κ1) is 26.1. The Hall–Kier alpha value is -2.18. The summed E-state index contributed by atoms with van der Waals surface area (Å²) >= 11 is 6.19. The highest BCUT2D eigenvalue weighted by Gasteiger charge is 2.59. The molecule has 0 aromatic heterocycles. The Bertz CT molecular complexity index is 1180. The van der Waals surface area contributed by atoms with Crippen molar-refractivity contribution in [3.05, 3.63) is 82.4 Å². The summed E-state index contributed by atoms with van der Waals surface area (Å²) in [6.07, 6.45) is 4.47. The van der Waals surface area contributed by atoms with Gasteiger partial charge in [0.2, 0.25) is 0 Å². The summed E-state index contributed by atoms with van der Waals surface area (Å²) in [7, 11) is 0. The number of rotatable bonds is 5. The number of benzene rings is 2. The summed E-state index contributed by atoms with van der Waals surface area (Å²) in [6, 6.07) is 19.0. The van der Waals surface area contributed by atoms with Crippen LogP contribution in [0.25, 0.3) is 0 Å². The Balaban J connectivity index is 1.16. The Kier molecular flexibility index (Phi) is 7.15. The summed E-state index contributed by atoms with van der Waals surface area (Å²) in [5, 5.41) is 12.4. The molecule has 202 valence electrons. The summed E-state index contributed by atoms with van der Waals surface area (Å²) in [5.41, 5.74) is 3.54. The van der Waals surface area contributed by atoms with Crippen molar-refractivity contribution in [3.8, 4) is 0 Å². The number of piperazine rings is 1. The number of allylic oxidation sites excluding steroid dienone is 1. The van der Waals surface area contributed by atoms with Gasteiger partial charge in [0, 0.05) is 55.5 Å². The second-order valence-corrected chi connectivity index (χ2v) is 12.4. The van der Waals surface area contributed by atoms with E-state index in [2.05, 4.69) is 72.2 Å². The highest BCUT2D eigenvalue weighted by molar-refractivity contribution is 6.30. The maximum atomic E-state index is 13.1. The van der Waals surface area contributed by atoms with Crippen molar-refractivity contribution in [3.63, 3.8) is 0 Å². The van der Waals surface area contributed by atoms with Crippen molar-refractivity contribution >= 4 is 17.6 Å². The van der Waals surface area contributed by atoms with E-state index in [1.165, 1.54) is 16.7 Å². The van der Waals surface area contributed by atoms with Crippen molar-refractivity contribution in [1.82, 2.24) is 9.80 Å². The number of aliphatic hydroxyl groups excluding tert-OH is 1. The molecule has 0 bridgehead atoms. The third-order valence-electron chi connectivity index (χ3n) is 10.1. The van der Waals surface area contributed by atoms with Crippen LogP contribution in [-0.2, 0) is 9.53 Å². The predicted molar refractivity (Wildman–Crippen MR) is 150 cm³/mol. The maximum absolute atomic E-state index is 13.1. The predicted octanol–water partition coefficient (Wildman–Crippen LogP) is 5.33. The van der Waals surface area contributed by atoms with Crippen LogP contribution in [0, 0.1) is 23.2 Å². The van der Waals surface area contributed by atoms with E-state index in [-0.39, 0.29) is 35.4 Å². The van der Waals surface area contributed by atoms with Gasteiger partial charge >= 0.3 is 5.97 Å². The van der Waals surface area contributed by atoms with E-state index >= 15 is 0 Å². The summed E-state index contributed by atoms with van der Waals surface area (Å²) in [6.45, 7) is 8.70. The first-order valence-corrected chi connectivity index (χ1v) is 14.6. The molecule has 1 N–H and O–H groups in total. The smallest absolute Gasteiger partial charge is 0.311 e. The van der Waals surface area contributed by atoms with E-state index < -0.39 is 6.10 Å². The molecule has 2 aliphatic carbocycles. The normalized spacial score (nSPS) is 34.7. The average molecular weight is 535 g/mol.